The quantitative estimate of drug-likeness (QED) is 0.738. The first-order valence-electron chi connectivity index (χ1n) is 4.35. The van der Waals surface area contributed by atoms with Crippen LogP contribution in [0.5, 0.6) is 0 Å². The summed E-state index contributed by atoms with van der Waals surface area (Å²) in [6.45, 7) is 5.66. The summed E-state index contributed by atoms with van der Waals surface area (Å²) in [5.74, 6) is 0.306. The molecule has 14 heavy (non-hydrogen) atoms. The molecule has 0 aromatic rings. The molecule has 1 fully saturated rings. The van der Waals surface area contributed by atoms with Crippen molar-refractivity contribution in [3.8, 4) is 0 Å². The lowest BCUT2D eigenvalue weighted by molar-refractivity contribution is -0.137. The van der Waals surface area contributed by atoms with Gasteiger partial charge in [-0.3, -0.25) is 9.59 Å². The highest BCUT2D eigenvalue weighted by molar-refractivity contribution is 7.59. The fourth-order valence-electron chi connectivity index (χ4n) is 1.43. The average molecular weight is 237 g/mol. The van der Waals surface area contributed by atoms with Crippen molar-refractivity contribution < 1.29 is 9.59 Å². The minimum absolute atomic E-state index is 0. The second-order valence-corrected chi connectivity index (χ2v) is 3.75. The average Bonchev–Trinajstić information content (AvgIpc) is 1.96. The molecule has 0 aromatic heterocycles. The maximum absolute atomic E-state index is 11.3. The van der Waals surface area contributed by atoms with Crippen LogP contribution >= 0.6 is 27.0 Å². The number of carbonyl (C=O) groups is 2. The second kappa shape index (κ2) is 6.35. The van der Waals surface area contributed by atoms with Gasteiger partial charge in [-0.05, 0) is 12.8 Å². The van der Waals surface area contributed by atoms with E-state index in [-0.39, 0.29) is 56.6 Å². The predicted octanol–water partition coefficient (Wildman–Crippen LogP) is 0.962. The first-order chi connectivity index (χ1) is 5.52. The Morgan fingerprint density at radius 3 is 2.21 bits per heavy atom. The van der Waals surface area contributed by atoms with E-state index in [0.29, 0.717) is 6.42 Å². The van der Waals surface area contributed by atoms with Crippen LogP contribution in [0.15, 0.2) is 0 Å². The Bertz CT molecular complexity index is 219. The van der Waals surface area contributed by atoms with Crippen LogP contribution in [0.4, 0.5) is 0 Å². The van der Waals surface area contributed by atoms with Crippen molar-refractivity contribution >= 4 is 38.7 Å². The largest absolute Gasteiger partial charge is 0.346 e. The van der Waals surface area contributed by atoms with Crippen molar-refractivity contribution in [1.29, 1.82) is 0 Å². The molecule has 1 N–H and O–H groups in total. The third-order valence-corrected chi connectivity index (χ3v) is 2.40. The molecule has 0 aromatic carbocycles. The Morgan fingerprint density at radius 1 is 1.29 bits per heavy atom. The van der Waals surface area contributed by atoms with Gasteiger partial charge in [0.2, 0.25) is 5.91 Å². The zero-order valence-electron chi connectivity index (χ0n) is 8.76. The Hall–Kier alpha value is -0.160. The lowest BCUT2D eigenvalue weighted by Gasteiger charge is -2.27. The van der Waals surface area contributed by atoms with Gasteiger partial charge in [0, 0.05) is 12.3 Å². The van der Waals surface area contributed by atoms with Gasteiger partial charge in [-0.2, -0.15) is 27.0 Å². The number of piperidine rings is 1. The summed E-state index contributed by atoms with van der Waals surface area (Å²) in [4.78, 5) is 22.6. The van der Waals surface area contributed by atoms with Gasteiger partial charge in [0.15, 0.2) is 5.78 Å². The van der Waals surface area contributed by atoms with E-state index in [0.717, 1.165) is 0 Å². The molecule has 1 aliphatic heterocycles. The Balaban J connectivity index is 0. The zero-order valence-corrected chi connectivity index (χ0v) is 10.8. The number of carbonyl (C=O) groups excluding carboxylic acids is 2. The molecule has 0 radical (unpaired) electrons. The topological polar surface area (TPSA) is 46.2 Å². The van der Waals surface area contributed by atoms with Crippen LogP contribution in [0.1, 0.15) is 27.2 Å². The van der Waals surface area contributed by atoms with Crippen LogP contribution in [-0.4, -0.2) is 17.7 Å². The maximum atomic E-state index is 11.3. The summed E-state index contributed by atoms with van der Waals surface area (Å²) in [7, 11) is 0. The number of rotatable bonds is 1. The third kappa shape index (κ3) is 3.53. The number of hydrogen-bond donors (Lipinski definition) is 1. The number of Topliss-reactive ketones (excluding diaryl/α,β-unsaturated/α-hetero) is 1. The van der Waals surface area contributed by atoms with Crippen molar-refractivity contribution in [2.24, 2.45) is 11.8 Å². The molecule has 0 unspecified atom stereocenters. The van der Waals surface area contributed by atoms with Crippen LogP contribution in [0.25, 0.3) is 0 Å². The lowest BCUT2D eigenvalue weighted by atomic mass is 9.85. The van der Waals surface area contributed by atoms with Crippen LogP contribution in [0.2, 0.25) is 0 Å². The van der Waals surface area contributed by atoms with Crippen LogP contribution < -0.4 is 5.32 Å². The molecule has 3 nitrogen and oxygen atoms in total. The van der Waals surface area contributed by atoms with Gasteiger partial charge >= 0.3 is 0 Å². The van der Waals surface area contributed by atoms with Crippen molar-refractivity contribution in [2.45, 2.75) is 33.2 Å². The molecular weight excluding hydrogens is 218 g/mol. The summed E-state index contributed by atoms with van der Waals surface area (Å²) in [6.07, 6.45) is 0.407. The monoisotopic (exact) mass is 237 g/mol. The minimum atomic E-state index is -0.285. The van der Waals surface area contributed by atoms with Gasteiger partial charge in [-0.25, -0.2) is 0 Å². The second-order valence-electron chi connectivity index (χ2n) is 3.75. The van der Waals surface area contributed by atoms with Gasteiger partial charge in [0.25, 0.3) is 0 Å². The summed E-state index contributed by atoms with van der Waals surface area (Å²) in [5, 5.41) is 2.67. The van der Waals surface area contributed by atoms with Crippen LogP contribution in [0.3, 0.4) is 0 Å². The molecule has 1 aliphatic rings. The molecule has 0 aliphatic carbocycles. The molecule has 1 amide bonds. The molecule has 0 bridgehead atoms. The molecule has 1 saturated heterocycles. The van der Waals surface area contributed by atoms with E-state index in [1.54, 1.807) is 6.92 Å². The van der Waals surface area contributed by atoms with E-state index in [9.17, 15) is 9.59 Å². The van der Waals surface area contributed by atoms with Gasteiger partial charge in [0.1, 0.15) is 0 Å². The minimum Gasteiger partial charge on any atom is -0.346 e. The smallest absolute Gasteiger partial charge is 0.224 e. The Labute approximate surface area is 98.9 Å². The maximum Gasteiger partial charge on any atom is 0.224 e. The lowest BCUT2D eigenvalue weighted by Crippen LogP contribution is -2.49. The van der Waals surface area contributed by atoms with Crippen LogP contribution in [0, 0.1) is 11.8 Å². The molecule has 1 rings (SSSR count). The molecule has 0 spiro atoms. The van der Waals surface area contributed by atoms with E-state index in [1.807, 2.05) is 13.8 Å². The SMILES string of the molecule is CC(C)[C@@H]1CC(=O)[C@H](C)NC1=O.S.S. The first kappa shape index (κ1) is 16.3. The summed E-state index contributed by atoms with van der Waals surface area (Å²) in [5.41, 5.74) is 0. The van der Waals surface area contributed by atoms with Gasteiger partial charge < -0.3 is 5.32 Å². The normalized spacial score (nSPS) is 26.3. The third-order valence-electron chi connectivity index (χ3n) is 2.40. The van der Waals surface area contributed by atoms with E-state index in [2.05, 4.69) is 5.32 Å². The highest BCUT2D eigenvalue weighted by Crippen LogP contribution is 2.20. The Kier molecular flexibility index (Phi) is 7.38. The van der Waals surface area contributed by atoms with Crippen LogP contribution in [-0.2, 0) is 9.59 Å². The van der Waals surface area contributed by atoms with Gasteiger partial charge in [-0.15, -0.1) is 0 Å². The molecule has 2 atom stereocenters. The zero-order chi connectivity index (χ0) is 9.30. The van der Waals surface area contributed by atoms with Crippen molar-refractivity contribution in [2.75, 3.05) is 0 Å². The van der Waals surface area contributed by atoms with Crippen molar-refractivity contribution in [3.05, 3.63) is 0 Å². The van der Waals surface area contributed by atoms with E-state index >= 15 is 0 Å². The Morgan fingerprint density at radius 2 is 1.79 bits per heavy atom. The first-order valence-corrected chi connectivity index (χ1v) is 4.35. The predicted molar refractivity (Wildman–Crippen MR) is 66.3 cm³/mol. The number of amides is 1. The standard InChI is InChI=1S/C9H15NO2.2H2S/c1-5(2)7-4-8(11)6(3)10-9(7)12;;/h5-7H,4H2,1-3H3,(H,10,12);2*1H2/t6-,7-;;/m0../s1. The van der Waals surface area contributed by atoms with Gasteiger partial charge in [-0.1, -0.05) is 13.8 Å². The van der Waals surface area contributed by atoms with E-state index < -0.39 is 0 Å². The summed E-state index contributed by atoms with van der Waals surface area (Å²) in [6, 6.07) is -0.285. The number of hydrogen-bond acceptors (Lipinski definition) is 2. The summed E-state index contributed by atoms with van der Waals surface area (Å²) < 4.78 is 0. The van der Waals surface area contributed by atoms with E-state index in [4.69, 9.17) is 0 Å². The van der Waals surface area contributed by atoms with E-state index in [1.165, 1.54) is 0 Å². The van der Waals surface area contributed by atoms with Crippen molar-refractivity contribution in [3.63, 3.8) is 0 Å². The summed E-state index contributed by atoms with van der Waals surface area (Å²) >= 11 is 0. The molecule has 5 heteroatoms. The highest BCUT2D eigenvalue weighted by atomic mass is 32.1. The van der Waals surface area contributed by atoms with Gasteiger partial charge in [0.05, 0.1) is 6.04 Å². The molecular formula is C9H19NO2S2. The molecule has 0 saturated carbocycles. The molecule has 84 valence electrons. The fourth-order valence-corrected chi connectivity index (χ4v) is 1.43. The van der Waals surface area contributed by atoms with Crippen molar-refractivity contribution in [1.82, 2.24) is 5.32 Å². The molecule has 1 heterocycles. The highest BCUT2D eigenvalue weighted by Gasteiger charge is 2.33. The number of ketones is 1. The number of nitrogens with one attached hydrogen (secondary N) is 1. The fraction of sp³-hybridized carbons (Fsp3) is 0.778.